The molecule has 0 aliphatic rings. The van der Waals surface area contributed by atoms with E-state index in [1.165, 1.54) is 38.4 Å². The number of methoxy groups -OCH3 is 1. The Morgan fingerprint density at radius 2 is 1.75 bits per heavy atom. The lowest BCUT2D eigenvalue weighted by Crippen LogP contribution is -2.36. The summed E-state index contributed by atoms with van der Waals surface area (Å²) in [5.41, 5.74) is 1.08. The van der Waals surface area contributed by atoms with E-state index in [1.807, 2.05) is 0 Å². The van der Waals surface area contributed by atoms with Gasteiger partial charge in [0, 0.05) is 25.7 Å². The molecule has 0 bridgehead atoms. The Morgan fingerprint density at radius 3 is 2.38 bits per heavy atom. The summed E-state index contributed by atoms with van der Waals surface area (Å²) in [6.45, 7) is -4.01. The fraction of sp³-hybridized carbons (Fsp3) is 0.350. The van der Waals surface area contributed by atoms with Crippen molar-refractivity contribution in [3.8, 4) is 17.2 Å². The molecule has 0 spiro atoms. The summed E-state index contributed by atoms with van der Waals surface area (Å²) >= 11 is 0. The Morgan fingerprint density at radius 1 is 1.03 bits per heavy atom. The topological polar surface area (TPSA) is 64.1 Å². The molecule has 0 amide bonds. The summed E-state index contributed by atoms with van der Waals surface area (Å²) in [4.78, 5) is 4.04. The molecule has 0 fully saturated rings. The standard InChI is InChI=1S/C20H22F5N3O3.HI/c1-26-19(27-10-13-4-3-5-16(8-13)30-12-20(23,24)25)28-11-14-9-15(29-2)6-7-17(14)31-18(21)22;/h3-9,18H,10-12H2,1-2H3,(H2,26,27,28);1H. The van der Waals surface area contributed by atoms with Crippen LogP contribution in [0.2, 0.25) is 0 Å². The van der Waals surface area contributed by atoms with Crippen molar-refractivity contribution < 1.29 is 36.2 Å². The Balaban J connectivity index is 0.00000512. The van der Waals surface area contributed by atoms with E-state index in [-0.39, 0.29) is 48.6 Å². The molecule has 2 rings (SSSR count). The molecule has 0 saturated heterocycles. The SMILES string of the molecule is CN=C(NCc1cccc(OCC(F)(F)F)c1)NCc1cc(OC)ccc1OC(F)F.I. The van der Waals surface area contributed by atoms with Gasteiger partial charge in [0.15, 0.2) is 12.6 Å². The summed E-state index contributed by atoms with van der Waals surface area (Å²) in [6.07, 6.45) is -4.42. The van der Waals surface area contributed by atoms with Crippen molar-refractivity contribution in [3.05, 3.63) is 53.6 Å². The zero-order chi connectivity index (χ0) is 22.9. The van der Waals surface area contributed by atoms with E-state index in [0.717, 1.165) is 0 Å². The summed E-state index contributed by atoms with van der Waals surface area (Å²) in [5, 5.41) is 5.94. The number of rotatable bonds is 9. The van der Waals surface area contributed by atoms with Gasteiger partial charge in [-0.05, 0) is 35.9 Å². The van der Waals surface area contributed by atoms with E-state index in [4.69, 9.17) is 9.47 Å². The van der Waals surface area contributed by atoms with Gasteiger partial charge in [0.05, 0.1) is 7.11 Å². The van der Waals surface area contributed by atoms with Crippen LogP contribution in [0.25, 0.3) is 0 Å². The van der Waals surface area contributed by atoms with Gasteiger partial charge in [-0.15, -0.1) is 24.0 Å². The lowest BCUT2D eigenvalue weighted by atomic mass is 10.2. The van der Waals surface area contributed by atoms with E-state index < -0.39 is 19.4 Å². The van der Waals surface area contributed by atoms with Crippen molar-refractivity contribution in [1.82, 2.24) is 10.6 Å². The summed E-state index contributed by atoms with van der Waals surface area (Å²) < 4.78 is 76.5. The van der Waals surface area contributed by atoms with Crippen LogP contribution in [0.3, 0.4) is 0 Å². The second kappa shape index (κ2) is 13.1. The van der Waals surface area contributed by atoms with Crippen LogP contribution in [0.1, 0.15) is 11.1 Å². The zero-order valence-electron chi connectivity index (χ0n) is 17.2. The maximum absolute atomic E-state index is 12.6. The van der Waals surface area contributed by atoms with E-state index in [2.05, 4.69) is 20.4 Å². The van der Waals surface area contributed by atoms with Crippen LogP contribution in [-0.4, -0.2) is 39.5 Å². The monoisotopic (exact) mass is 575 g/mol. The summed E-state index contributed by atoms with van der Waals surface area (Å²) in [5.74, 6) is 0.891. The number of ether oxygens (including phenoxy) is 3. The minimum absolute atomic E-state index is 0. The van der Waals surface area contributed by atoms with Crippen LogP contribution in [0, 0.1) is 0 Å². The lowest BCUT2D eigenvalue weighted by molar-refractivity contribution is -0.153. The van der Waals surface area contributed by atoms with Crippen LogP contribution in [0.15, 0.2) is 47.5 Å². The first-order chi connectivity index (χ1) is 14.7. The van der Waals surface area contributed by atoms with Gasteiger partial charge in [-0.3, -0.25) is 4.99 Å². The van der Waals surface area contributed by atoms with Gasteiger partial charge < -0.3 is 24.8 Å². The van der Waals surface area contributed by atoms with Crippen LogP contribution < -0.4 is 24.8 Å². The first-order valence-corrected chi connectivity index (χ1v) is 9.05. The number of halogens is 6. The van der Waals surface area contributed by atoms with Gasteiger partial charge in [-0.25, -0.2) is 0 Å². The van der Waals surface area contributed by atoms with Crippen LogP contribution in [0.5, 0.6) is 17.2 Å². The minimum Gasteiger partial charge on any atom is -0.497 e. The maximum atomic E-state index is 12.6. The number of guanidine groups is 1. The molecule has 12 heteroatoms. The molecule has 0 atom stereocenters. The van der Waals surface area contributed by atoms with Crippen molar-refractivity contribution >= 4 is 29.9 Å². The van der Waals surface area contributed by atoms with E-state index in [9.17, 15) is 22.0 Å². The van der Waals surface area contributed by atoms with E-state index in [0.29, 0.717) is 22.8 Å². The van der Waals surface area contributed by atoms with Gasteiger partial charge >= 0.3 is 12.8 Å². The van der Waals surface area contributed by atoms with Crippen LogP contribution >= 0.6 is 24.0 Å². The normalized spacial score (nSPS) is 11.6. The number of aliphatic imine (C=N–C) groups is 1. The highest BCUT2D eigenvalue weighted by Gasteiger charge is 2.28. The first kappa shape index (κ1) is 27.5. The molecule has 32 heavy (non-hydrogen) atoms. The van der Waals surface area contributed by atoms with Crippen molar-refractivity contribution in [2.75, 3.05) is 20.8 Å². The molecular weight excluding hydrogens is 552 g/mol. The van der Waals surface area contributed by atoms with Crippen LogP contribution in [0.4, 0.5) is 22.0 Å². The number of nitrogens with zero attached hydrogens (tertiary/aromatic N) is 1. The van der Waals surface area contributed by atoms with Crippen molar-refractivity contribution in [2.45, 2.75) is 25.9 Å². The molecule has 0 radical (unpaired) electrons. The Kier molecular flexibility index (Phi) is 11.3. The third-order valence-corrected chi connectivity index (χ3v) is 3.91. The fourth-order valence-corrected chi connectivity index (χ4v) is 2.53. The Labute approximate surface area is 199 Å². The molecule has 178 valence electrons. The number of hydrogen-bond acceptors (Lipinski definition) is 4. The average Bonchev–Trinajstić information content (AvgIpc) is 2.72. The second-order valence-corrected chi connectivity index (χ2v) is 6.18. The molecular formula is C20H23F5IN3O3. The Hall–Kier alpha value is -2.51. The van der Waals surface area contributed by atoms with E-state index >= 15 is 0 Å². The fourth-order valence-electron chi connectivity index (χ4n) is 2.53. The highest BCUT2D eigenvalue weighted by atomic mass is 127. The van der Waals surface area contributed by atoms with Gasteiger partial charge in [0.2, 0.25) is 0 Å². The largest absolute Gasteiger partial charge is 0.497 e. The molecule has 0 heterocycles. The smallest absolute Gasteiger partial charge is 0.422 e. The molecule has 0 aliphatic carbocycles. The van der Waals surface area contributed by atoms with Crippen LogP contribution in [-0.2, 0) is 13.1 Å². The average molecular weight is 575 g/mol. The Bertz CT molecular complexity index is 882. The highest BCUT2D eigenvalue weighted by Crippen LogP contribution is 2.25. The van der Waals surface area contributed by atoms with E-state index in [1.54, 1.807) is 18.2 Å². The number of nitrogens with one attached hydrogen (secondary N) is 2. The first-order valence-electron chi connectivity index (χ1n) is 9.05. The van der Waals surface area contributed by atoms with Crippen molar-refractivity contribution in [2.24, 2.45) is 4.99 Å². The van der Waals surface area contributed by atoms with Gasteiger partial charge in [0.1, 0.15) is 17.2 Å². The van der Waals surface area contributed by atoms with Gasteiger partial charge in [0.25, 0.3) is 0 Å². The number of hydrogen-bond donors (Lipinski definition) is 2. The number of benzene rings is 2. The summed E-state index contributed by atoms with van der Waals surface area (Å²) in [6, 6.07) is 10.6. The molecule has 2 N–H and O–H groups in total. The lowest BCUT2D eigenvalue weighted by Gasteiger charge is -2.16. The van der Waals surface area contributed by atoms with Crippen molar-refractivity contribution in [3.63, 3.8) is 0 Å². The minimum atomic E-state index is -4.42. The quantitative estimate of drug-likeness (QED) is 0.196. The maximum Gasteiger partial charge on any atom is 0.422 e. The molecule has 6 nitrogen and oxygen atoms in total. The number of alkyl halides is 5. The highest BCUT2D eigenvalue weighted by molar-refractivity contribution is 14.0. The van der Waals surface area contributed by atoms with Crippen molar-refractivity contribution in [1.29, 1.82) is 0 Å². The molecule has 0 saturated carbocycles. The predicted octanol–water partition coefficient (Wildman–Crippen LogP) is 4.72. The molecule has 2 aromatic rings. The zero-order valence-corrected chi connectivity index (χ0v) is 19.5. The second-order valence-electron chi connectivity index (χ2n) is 6.18. The molecule has 0 aliphatic heterocycles. The third kappa shape index (κ3) is 9.75. The predicted molar refractivity (Wildman–Crippen MR) is 120 cm³/mol. The summed E-state index contributed by atoms with van der Waals surface area (Å²) in [7, 11) is 2.97. The molecule has 2 aromatic carbocycles. The molecule has 0 unspecified atom stereocenters. The molecule has 0 aromatic heterocycles. The van der Waals surface area contributed by atoms with Gasteiger partial charge in [-0.2, -0.15) is 22.0 Å². The third-order valence-electron chi connectivity index (χ3n) is 3.91. The van der Waals surface area contributed by atoms with Gasteiger partial charge in [-0.1, -0.05) is 12.1 Å².